The molecule has 32 heavy (non-hydrogen) atoms. The number of hydrogen-bond donors (Lipinski definition) is 2. The highest BCUT2D eigenvalue weighted by Gasteiger charge is 2.24. The Morgan fingerprint density at radius 3 is 1.81 bits per heavy atom. The van der Waals surface area contributed by atoms with Crippen molar-refractivity contribution in [2.45, 2.75) is 6.61 Å². The van der Waals surface area contributed by atoms with Gasteiger partial charge in [-0.05, 0) is 28.8 Å². The van der Waals surface area contributed by atoms with Gasteiger partial charge in [0.15, 0.2) is 0 Å². The van der Waals surface area contributed by atoms with Gasteiger partial charge < -0.3 is 14.6 Å². The molecule has 0 bridgehead atoms. The predicted molar refractivity (Wildman–Crippen MR) is 128 cm³/mol. The number of aromatic hydroxyl groups is 1. The number of hydrogen-bond acceptors (Lipinski definition) is 3. The van der Waals surface area contributed by atoms with Crippen molar-refractivity contribution in [1.29, 1.82) is 0 Å². The monoisotopic (exact) mass is 418 g/mol. The van der Waals surface area contributed by atoms with E-state index in [2.05, 4.69) is 0 Å². The van der Waals surface area contributed by atoms with Crippen LogP contribution in [0.1, 0.15) is 5.56 Å². The summed E-state index contributed by atoms with van der Waals surface area (Å²) in [6.07, 6.45) is 0. The Hall–Kier alpha value is -4.08. The van der Waals surface area contributed by atoms with Crippen LogP contribution >= 0.6 is 0 Å². The normalized spacial score (nSPS) is 10.9. The van der Waals surface area contributed by atoms with E-state index in [0.717, 1.165) is 44.7 Å². The van der Waals surface area contributed by atoms with Crippen molar-refractivity contribution in [3.05, 3.63) is 115 Å². The number of benzene rings is 4. The van der Waals surface area contributed by atoms with Gasteiger partial charge in [-0.1, -0.05) is 97.1 Å². The Bertz CT molecular complexity index is 1350. The number of aliphatic hydroxyl groups is 1. The highest BCUT2D eigenvalue weighted by atomic mass is 16.3. The Morgan fingerprint density at radius 2 is 1.16 bits per heavy atom. The molecule has 0 saturated carbocycles. The number of aliphatic hydroxyl groups excluding tert-OH is 1. The first-order valence-corrected chi connectivity index (χ1v) is 10.5. The Kier molecular flexibility index (Phi) is 5.32. The van der Waals surface area contributed by atoms with E-state index >= 15 is 0 Å². The zero-order chi connectivity index (χ0) is 21.9. The van der Waals surface area contributed by atoms with Crippen molar-refractivity contribution >= 4 is 0 Å². The molecule has 0 aliphatic carbocycles. The average Bonchev–Trinajstić information content (AvgIpc) is 3.25. The second-order valence-corrected chi connectivity index (χ2v) is 7.60. The van der Waals surface area contributed by atoms with Crippen LogP contribution in [0, 0.1) is 0 Å². The Morgan fingerprint density at radius 1 is 0.562 bits per heavy atom. The summed E-state index contributed by atoms with van der Waals surface area (Å²) < 4.78 is 6.53. The molecule has 5 rings (SSSR count). The minimum Gasteiger partial charge on any atom is -0.508 e. The molecule has 0 spiro atoms. The van der Waals surface area contributed by atoms with Gasteiger partial charge in [0.05, 0.1) is 6.61 Å². The zero-order valence-corrected chi connectivity index (χ0v) is 17.4. The third kappa shape index (κ3) is 3.59. The first-order chi connectivity index (χ1) is 15.8. The van der Waals surface area contributed by atoms with Crippen molar-refractivity contribution in [2.24, 2.45) is 0 Å². The molecule has 0 atom stereocenters. The molecular weight excluding hydrogens is 396 g/mol. The molecule has 0 aliphatic heterocycles. The topological polar surface area (TPSA) is 53.6 Å². The average molecular weight is 418 g/mol. The van der Waals surface area contributed by atoms with Gasteiger partial charge >= 0.3 is 0 Å². The minimum atomic E-state index is -0.162. The van der Waals surface area contributed by atoms with Crippen LogP contribution in [0.15, 0.2) is 114 Å². The smallest absolute Gasteiger partial charge is 0.143 e. The van der Waals surface area contributed by atoms with Crippen LogP contribution in [0.2, 0.25) is 0 Å². The molecule has 1 aromatic heterocycles. The van der Waals surface area contributed by atoms with Gasteiger partial charge in [0, 0.05) is 22.3 Å². The molecule has 156 valence electrons. The summed E-state index contributed by atoms with van der Waals surface area (Å²) in [4.78, 5) is 0. The van der Waals surface area contributed by atoms with E-state index in [1.54, 1.807) is 12.1 Å². The maximum absolute atomic E-state index is 10.5. The minimum absolute atomic E-state index is 0.162. The zero-order valence-electron chi connectivity index (χ0n) is 17.4. The quantitative estimate of drug-likeness (QED) is 0.319. The summed E-state index contributed by atoms with van der Waals surface area (Å²) in [5, 5.41) is 20.5. The fourth-order valence-corrected chi connectivity index (χ4v) is 4.14. The van der Waals surface area contributed by atoms with E-state index in [1.807, 2.05) is 97.1 Å². The molecule has 3 heteroatoms. The van der Waals surface area contributed by atoms with Crippen molar-refractivity contribution in [3.8, 4) is 50.7 Å². The van der Waals surface area contributed by atoms with Gasteiger partial charge in [0.25, 0.3) is 0 Å². The maximum Gasteiger partial charge on any atom is 0.143 e. The lowest BCUT2D eigenvalue weighted by atomic mass is 9.93. The largest absolute Gasteiger partial charge is 0.508 e. The van der Waals surface area contributed by atoms with Crippen LogP contribution in [-0.4, -0.2) is 10.2 Å². The number of furan rings is 1. The Balaban J connectivity index is 1.80. The third-order valence-electron chi connectivity index (χ3n) is 5.59. The fourth-order valence-electron chi connectivity index (χ4n) is 4.14. The van der Waals surface area contributed by atoms with Gasteiger partial charge in [-0.25, -0.2) is 0 Å². The highest BCUT2D eigenvalue weighted by Crippen LogP contribution is 2.45. The first-order valence-electron chi connectivity index (χ1n) is 10.5. The number of rotatable bonds is 5. The van der Waals surface area contributed by atoms with Crippen molar-refractivity contribution in [3.63, 3.8) is 0 Å². The van der Waals surface area contributed by atoms with Crippen molar-refractivity contribution in [1.82, 2.24) is 0 Å². The van der Waals surface area contributed by atoms with E-state index < -0.39 is 0 Å². The molecular formula is C29H22O3. The van der Waals surface area contributed by atoms with E-state index in [-0.39, 0.29) is 12.4 Å². The fraction of sp³-hybridized carbons (Fsp3) is 0.0345. The lowest BCUT2D eigenvalue weighted by Gasteiger charge is -2.10. The van der Waals surface area contributed by atoms with Gasteiger partial charge in [0.2, 0.25) is 0 Å². The molecule has 4 aromatic carbocycles. The lowest BCUT2D eigenvalue weighted by molar-refractivity contribution is 0.282. The van der Waals surface area contributed by atoms with E-state index in [1.165, 1.54) is 0 Å². The highest BCUT2D eigenvalue weighted by molar-refractivity contribution is 5.91. The molecule has 0 fully saturated rings. The summed E-state index contributed by atoms with van der Waals surface area (Å²) in [6.45, 7) is -0.162. The van der Waals surface area contributed by atoms with E-state index in [4.69, 9.17) is 4.42 Å². The van der Waals surface area contributed by atoms with Crippen LogP contribution in [0.25, 0.3) is 44.9 Å². The molecule has 0 aliphatic rings. The molecule has 0 amide bonds. The van der Waals surface area contributed by atoms with E-state index in [9.17, 15) is 10.2 Å². The summed E-state index contributed by atoms with van der Waals surface area (Å²) in [5.74, 6) is 1.56. The van der Waals surface area contributed by atoms with Crippen LogP contribution in [-0.2, 0) is 6.61 Å². The van der Waals surface area contributed by atoms with Crippen LogP contribution in [0.5, 0.6) is 5.75 Å². The first kappa shape index (κ1) is 19.9. The molecule has 5 aromatic rings. The molecule has 1 heterocycles. The van der Waals surface area contributed by atoms with Gasteiger partial charge in [-0.2, -0.15) is 0 Å². The van der Waals surface area contributed by atoms with Crippen molar-refractivity contribution < 1.29 is 14.6 Å². The number of phenols is 1. The van der Waals surface area contributed by atoms with Gasteiger partial charge in [-0.3, -0.25) is 0 Å². The summed E-state index contributed by atoms with van der Waals surface area (Å²) in [7, 11) is 0. The molecule has 0 unspecified atom stereocenters. The summed E-state index contributed by atoms with van der Waals surface area (Å²) >= 11 is 0. The Labute approximate surface area is 186 Å². The second kappa shape index (κ2) is 8.58. The van der Waals surface area contributed by atoms with Gasteiger partial charge in [0.1, 0.15) is 17.3 Å². The van der Waals surface area contributed by atoms with E-state index in [0.29, 0.717) is 5.76 Å². The van der Waals surface area contributed by atoms with Crippen LogP contribution in [0.3, 0.4) is 0 Å². The third-order valence-corrected chi connectivity index (χ3v) is 5.59. The second-order valence-electron chi connectivity index (χ2n) is 7.60. The van der Waals surface area contributed by atoms with Crippen LogP contribution in [0.4, 0.5) is 0 Å². The predicted octanol–water partition coefficient (Wildman–Crippen LogP) is 7.15. The molecule has 3 nitrogen and oxygen atoms in total. The summed E-state index contributed by atoms with van der Waals surface area (Å²) in [6, 6.07) is 35.0. The lowest BCUT2D eigenvalue weighted by Crippen LogP contribution is -1.91. The van der Waals surface area contributed by atoms with Gasteiger partial charge in [-0.15, -0.1) is 0 Å². The SMILES string of the molecule is OCc1c(-c2ccccc2-c2cccc(O)c2)oc(-c2ccccc2)c1-c1ccccc1. The molecule has 0 radical (unpaired) electrons. The van der Waals surface area contributed by atoms with Crippen molar-refractivity contribution in [2.75, 3.05) is 0 Å². The number of phenolic OH excluding ortho intramolecular Hbond substituents is 1. The standard InChI is InChI=1S/C29H22O3/c30-19-26-27(20-10-3-1-4-11-20)28(21-12-5-2-6-13-21)32-29(26)25-17-8-7-16-24(25)22-14-9-15-23(31)18-22/h1-18,30-31H,19H2. The molecule has 0 saturated heterocycles. The van der Waals surface area contributed by atoms with Crippen LogP contribution < -0.4 is 0 Å². The maximum atomic E-state index is 10.5. The molecule has 2 N–H and O–H groups in total. The summed E-state index contributed by atoms with van der Waals surface area (Å²) in [5.41, 5.74) is 6.22.